The molecule has 0 heterocycles. The van der Waals surface area contributed by atoms with E-state index in [2.05, 4.69) is 15.4 Å². The average molecular weight is 412 g/mol. The number of halogens is 3. The fourth-order valence-corrected chi connectivity index (χ4v) is 2.86. The summed E-state index contributed by atoms with van der Waals surface area (Å²) in [6.45, 7) is 3.70. The molecule has 0 aliphatic heterocycles. The predicted octanol–water partition coefficient (Wildman–Crippen LogP) is 3.97. The highest BCUT2D eigenvalue weighted by Gasteiger charge is 2.30. The summed E-state index contributed by atoms with van der Waals surface area (Å²) in [6.07, 6.45) is -2.20. The number of rotatable bonds is 9. The topological polar surface area (TPSA) is 84.5 Å². The van der Waals surface area contributed by atoms with Crippen molar-refractivity contribution in [2.24, 2.45) is 0 Å². The number of ether oxygens (including phenoxy) is 1. The number of carbonyl (C=O) groups is 1. The maximum absolute atomic E-state index is 12.6. The zero-order chi connectivity index (χ0) is 21.8. The number of unbranched alkanes of at least 4 members (excludes halogenated alkanes) is 1. The third-order valence-electron chi connectivity index (χ3n) is 4.52. The van der Waals surface area contributed by atoms with E-state index in [1.807, 2.05) is 13.8 Å². The van der Waals surface area contributed by atoms with Crippen LogP contribution in [0.4, 0.5) is 30.2 Å². The van der Waals surface area contributed by atoms with Crippen molar-refractivity contribution in [3.05, 3.63) is 50.3 Å². The molecule has 0 aromatic heterocycles. The van der Waals surface area contributed by atoms with Crippen LogP contribution < -0.4 is 21.5 Å². The van der Waals surface area contributed by atoms with Crippen LogP contribution in [0.5, 0.6) is 0 Å². The molecular formula is C20H23F3N2O4. The summed E-state index contributed by atoms with van der Waals surface area (Å²) in [6, 6.07) is 4.18. The molecule has 158 valence electrons. The van der Waals surface area contributed by atoms with E-state index in [9.17, 15) is 27.6 Å². The molecule has 0 saturated heterocycles. The second-order valence-electron chi connectivity index (χ2n) is 7.40. The van der Waals surface area contributed by atoms with Gasteiger partial charge in [-0.2, -0.15) is 13.2 Å². The number of carbonyl (C=O) groups excluding carboxylic acids is 1. The van der Waals surface area contributed by atoms with Crippen molar-refractivity contribution < 1.29 is 22.7 Å². The highest BCUT2D eigenvalue weighted by atomic mass is 19.4. The number of alkyl halides is 3. The molecule has 9 heteroatoms. The maximum atomic E-state index is 12.6. The highest BCUT2D eigenvalue weighted by molar-refractivity contribution is 5.79. The molecule has 2 rings (SSSR count). The maximum Gasteiger partial charge on any atom is 0.416 e. The van der Waals surface area contributed by atoms with Crippen molar-refractivity contribution in [2.45, 2.75) is 51.2 Å². The van der Waals surface area contributed by atoms with Crippen LogP contribution >= 0.6 is 0 Å². The second kappa shape index (κ2) is 8.67. The summed E-state index contributed by atoms with van der Waals surface area (Å²) in [5.74, 6) is -0.290. The molecule has 6 nitrogen and oxygen atoms in total. The van der Waals surface area contributed by atoms with Gasteiger partial charge in [0.15, 0.2) is 0 Å². The van der Waals surface area contributed by atoms with E-state index in [0.717, 1.165) is 12.1 Å². The van der Waals surface area contributed by atoms with Crippen molar-refractivity contribution >= 4 is 23.0 Å². The van der Waals surface area contributed by atoms with Gasteiger partial charge in [-0.25, -0.2) is 0 Å². The lowest BCUT2D eigenvalue weighted by Crippen LogP contribution is -2.42. The molecule has 2 aromatic carbocycles. The molecule has 0 fully saturated rings. The molecule has 29 heavy (non-hydrogen) atoms. The Morgan fingerprint density at radius 1 is 1.00 bits per heavy atom. The van der Waals surface area contributed by atoms with E-state index in [1.165, 1.54) is 19.2 Å². The summed E-state index contributed by atoms with van der Waals surface area (Å²) >= 11 is 0. The van der Waals surface area contributed by atoms with Gasteiger partial charge in [-0.15, -0.1) is 0 Å². The Bertz CT molecular complexity index is 927. The summed E-state index contributed by atoms with van der Waals surface area (Å²) < 4.78 is 42.5. The number of hydrogen-bond donors (Lipinski definition) is 2. The number of esters is 1. The summed E-state index contributed by atoms with van der Waals surface area (Å²) in [4.78, 5) is 35.0. The van der Waals surface area contributed by atoms with Crippen LogP contribution in [0.3, 0.4) is 0 Å². The monoisotopic (exact) mass is 412 g/mol. The third-order valence-corrected chi connectivity index (χ3v) is 4.52. The van der Waals surface area contributed by atoms with Crippen molar-refractivity contribution in [1.29, 1.82) is 0 Å². The Morgan fingerprint density at radius 3 is 2.14 bits per heavy atom. The highest BCUT2D eigenvalue weighted by Crippen LogP contribution is 2.31. The summed E-state index contributed by atoms with van der Waals surface area (Å²) in [5, 5.41) is 5.75. The van der Waals surface area contributed by atoms with Crippen molar-refractivity contribution in [2.75, 3.05) is 17.7 Å². The minimum absolute atomic E-state index is 0.0254. The number of methoxy groups -OCH3 is 1. The number of hydrogen-bond acceptors (Lipinski definition) is 6. The molecule has 0 bridgehead atoms. The molecule has 2 N–H and O–H groups in total. The van der Waals surface area contributed by atoms with Crippen LogP contribution in [0.2, 0.25) is 0 Å². The molecule has 0 amide bonds. The number of benzene rings is 1. The van der Waals surface area contributed by atoms with Crippen LogP contribution in [0.25, 0.3) is 0 Å². The first-order valence-corrected chi connectivity index (χ1v) is 9.07. The van der Waals surface area contributed by atoms with Crippen molar-refractivity contribution in [3.63, 3.8) is 0 Å². The SMILES string of the molecule is COC(=O)CCCCC(C)(C)Nc1c(Nc2ccc(C(F)(F)F)cc2)c(=O)c1=O. The minimum Gasteiger partial charge on any atom is -0.469 e. The van der Waals surface area contributed by atoms with Crippen LogP contribution in [-0.4, -0.2) is 18.6 Å². The van der Waals surface area contributed by atoms with Gasteiger partial charge in [0, 0.05) is 17.6 Å². The van der Waals surface area contributed by atoms with Gasteiger partial charge in [-0.05, 0) is 51.0 Å². The lowest BCUT2D eigenvalue weighted by atomic mass is 9.95. The van der Waals surface area contributed by atoms with Gasteiger partial charge in [-0.1, -0.05) is 6.42 Å². The standard InChI is InChI=1S/C20H23F3N2O4/c1-19(2,11-5-4-6-14(26)29-3)25-16-15(17(27)18(16)28)24-13-9-7-12(8-10-13)20(21,22)23/h7-10,24-25H,4-6,11H2,1-3H3. The van der Waals surface area contributed by atoms with Gasteiger partial charge in [0.25, 0.3) is 10.9 Å². The van der Waals surface area contributed by atoms with E-state index in [-0.39, 0.29) is 23.0 Å². The largest absolute Gasteiger partial charge is 0.469 e. The van der Waals surface area contributed by atoms with Gasteiger partial charge in [0.05, 0.1) is 12.7 Å². The Hall–Kier alpha value is -2.84. The minimum atomic E-state index is -4.45. The van der Waals surface area contributed by atoms with Crippen molar-refractivity contribution in [3.8, 4) is 0 Å². The fraction of sp³-hybridized carbons (Fsp3) is 0.450. The molecule has 0 atom stereocenters. The summed E-state index contributed by atoms with van der Waals surface area (Å²) in [5.41, 5.74) is -2.35. The normalized spacial score (nSPS) is 12.1. The van der Waals surface area contributed by atoms with E-state index in [0.29, 0.717) is 25.7 Å². The van der Waals surface area contributed by atoms with Gasteiger partial charge in [0.2, 0.25) is 0 Å². The van der Waals surface area contributed by atoms with Gasteiger partial charge < -0.3 is 15.4 Å². The molecule has 0 saturated carbocycles. The van der Waals surface area contributed by atoms with E-state index >= 15 is 0 Å². The first-order valence-electron chi connectivity index (χ1n) is 9.07. The fourth-order valence-electron chi connectivity index (χ4n) is 2.86. The molecule has 0 spiro atoms. The molecule has 2 aromatic rings. The molecule has 0 unspecified atom stereocenters. The first kappa shape index (κ1) is 22.4. The quantitative estimate of drug-likeness (QED) is 0.368. The van der Waals surface area contributed by atoms with Gasteiger partial charge in [-0.3, -0.25) is 14.4 Å². The predicted molar refractivity (Wildman–Crippen MR) is 104 cm³/mol. The molecule has 0 aliphatic rings. The van der Waals surface area contributed by atoms with E-state index in [1.54, 1.807) is 0 Å². The third kappa shape index (κ3) is 5.82. The van der Waals surface area contributed by atoms with E-state index in [4.69, 9.17) is 0 Å². The lowest BCUT2D eigenvalue weighted by Gasteiger charge is -2.29. The smallest absolute Gasteiger partial charge is 0.416 e. The Kier molecular flexibility index (Phi) is 6.71. The first-order chi connectivity index (χ1) is 13.4. The Labute approximate surface area is 165 Å². The molecule has 0 radical (unpaired) electrons. The van der Waals surface area contributed by atoms with Gasteiger partial charge >= 0.3 is 12.1 Å². The molecular weight excluding hydrogens is 389 g/mol. The molecule has 0 aliphatic carbocycles. The van der Waals surface area contributed by atoms with Gasteiger partial charge in [0.1, 0.15) is 11.4 Å². The zero-order valence-electron chi connectivity index (χ0n) is 16.4. The van der Waals surface area contributed by atoms with Crippen LogP contribution in [0.1, 0.15) is 45.1 Å². The number of anilines is 3. The van der Waals surface area contributed by atoms with Crippen molar-refractivity contribution in [1.82, 2.24) is 0 Å². The number of nitrogens with one attached hydrogen (secondary N) is 2. The zero-order valence-corrected chi connectivity index (χ0v) is 16.4. The lowest BCUT2D eigenvalue weighted by molar-refractivity contribution is -0.140. The van der Waals surface area contributed by atoms with Crippen LogP contribution in [-0.2, 0) is 15.7 Å². The van der Waals surface area contributed by atoms with Crippen LogP contribution in [0.15, 0.2) is 33.9 Å². The van der Waals surface area contributed by atoms with Crippen LogP contribution in [0, 0.1) is 0 Å². The average Bonchev–Trinajstić information content (AvgIpc) is 2.67. The Morgan fingerprint density at radius 2 is 1.59 bits per heavy atom. The second-order valence-corrected chi connectivity index (χ2v) is 7.40. The van der Waals surface area contributed by atoms with E-state index < -0.39 is 28.1 Å². The Balaban J connectivity index is 2.03. The summed E-state index contributed by atoms with van der Waals surface area (Å²) in [7, 11) is 1.32.